The van der Waals surface area contributed by atoms with Crippen LogP contribution >= 0.6 is 11.6 Å². The third-order valence-electron chi connectivity index (χ3n) is 3.96. The molecule has 0 saturated heterocycles. The molecule has 0 aliphatic rings. The maximum absolute atomic E-state index is 12.3. The number of anilines is 1. The Hall–Kier alpha value is -2.29. The van der Waals surface area contributed by atoms with E-state index in [2.05, 4.69) is 5.32 Å². The number of carbonyl (C=O) groups is 1. The molecule has 7 nitrogen and oxygen atoms in total. The van der Waals surface area contributed by atoms with Gasteiger partial charge in [0.25, 0.3) is 5.91 Å². The number of benzene rings is 2. The summed E-state index contributed by atoms with van der Waals surface area (Å²) in [7, 11) is -1.94. The van der Waals surface area contributed by atoms with Crippen LogP contribution in [0.3, 0.4) is 0 Å². The summed E-state index contributed by atoms with van der Waals surface area (Å²) in [6.07, 6.45) is 1.15. The van der Waals surface area contributed by atoms with Gasteiger partial charge in [0.05, 0.1) is 25.1 Å². The highest BCUT2D eigenvalue weighted by Crippen LogP contribution is 2.24. The van der Waals surface area contributed by atoms with Crippen molar-refractivity contribution in [3.8, 4) is 5.75 Å². The Morgan fingerprint density at radius 1 is 1.14 bits per heavy atom. The summed E-state index contributed by atoms with van der Waals surface area (Å²) in [5, 5.41) is 3.33. The van der Waals surface area contributed by atoms with E-state index in [1.165, 1.54) is 4.31 Å². The monoisotopic (exact) mass is 440 g/mol. The fourth-order valence-electron chi connectivity index (χ4n) is 2.62. The van der Waals surface area contributed by atoms with Crippen molar-refractivity contribution in [1.82, 2.24) is 5.32 Å². The van der Waals surface area contributed by atoms with Gasteiger partial charge in [-0.15, -0.1) is 0 Å². The maximum Gasteiger partial charge on any atom is 0.258 e. The minimum Gasteiger partial charge on any atom is -0.484 e. The number of amides is 1. The molecule has 158 valence electrons. The summed E-state index contributed by atoms with van der Waals surface area (Å²) in [6, 6.07) is 13.4. The Morgan fingerprint density at radius 3 is 2.31 bits per heavy atom. The highest BCUT2D eigenvalue weighted by molar-refractivity contribution is 7.92. The fourth-order valence-corrected chi connectivity index (χ4v) is 3.64. The van der Waals surface area contributed by atoms with Gasteiger partial charge in [0, 0.05) is 18.2 Å². The van der Waals surface area contributed by atoms with E-state index in [4.69, 9.17) is 21.1 Å². The van der Waals surface area contributed by atoms with Crippen molar-refractivity contribution in [3.63, 3.8) is 0 Å². The number of ether oxygens (including phenoxy) is 2. The third kappa shape index (κ3) is 7.56. The summed E-state index contributed by atoms with van der Waals surface area (Å²) < 4.78 is 36.2. The second-order valence-corrected chi connectivity index (χ2v) is 8.95. The van der Waals surface area contributed by atoms with Crippen LogP contribution in [0.25, 0.3) is 0 Å². The Labute approximate surface area is 176 Å². The molecule has 0 spiro atoms. The van der Waals surface area contributed by atoms with Gasteiger partial charge in [-0.2, -0.15) is 0 Å². The lowest BCUT2D eigenvalue weighted by Crippen LogP contribution is -2.38. The minimum atomic E-state index is -3.50. The van der Waals surface area contributed by atoms with E-state index >= 15 is 0 Å². The molecular formula is C20H25ClN2O5S. The Bertz CT molecular complexity index is 901. The van der Waals surface area contributed by atoms with Gasteiger partial charge in [-0.1, -0.05) is 23.7 Å². The van der Waals surface area contributed by atoms with Gasteiger partial charge in [-0.3, -0.25) is 9.10 Å². The lowest BCUT2D eigenvalue weighted by molar-refractivity contribution is -0.124. The number of hydrogen-bond donors (Lipinski definition) is 1. The van der Waals surface area contributed by atoms with E-state index in [-0.39, 0.29) is 25.1 Å². The highest BCUT2D eigenvalue weighted by Gasteiger charge is 2.18. The van der Waals surface area contributed by atoms with Crippen molar-refractivity contribution < 1.29 is 22.7 Å². The smallest absolute Gasteiger partial charge is 0.258 e. The summed E-state index contributed by atoms with van der Waals surface area (Å²) in [6.45, 7) is 2.27. The van der Waals surface area contributed by atoms with Gasteiger partial charge in [-0.05, 0) is 48.9 Å². The summed E-state index contributed by atoms with van der Waals surface area (Å²) in [5.74, 6) is 0.197. The number of nitrogens with zero attached hydrogens (tertiary/aromatic N) is 1. The van der Waals surface area contributed by atoms with E-state index < -0.39 is 10.0 Å². The van der Waals surface area contributed by atoms with Gasteiger partial charge in [-0.25, -0.2) is 8.42 Å². The zero-order valence-electron chi connectivity index (χ0n) is 16.6. The summed E-state index contributed by atoms with van der Waals surface area (Å²) >= 11 is 5.89. The van der Waals surface area contributed by atoms with Gasteiger partial charge >= 0.3 is 0 Å². The average molecular weight is 441 g/mol. The lowest BCUT2D eigenvalue weighted by Gasteiger charge is -2.23. The fraction of sp³-hybridized carbons (Fsp3) is 0.350. The Morgan fingerprint density at radius 2 is 1.76 bits per heavy atom. The van der Waals surface area contributed by atoms with Crippen LogP contribution in [0.15, 0.2) is 48.5 Å². The number of rotatable bonds is 10. The second kappa shape index (κ2) is 10.5. The van der Waals surface area contributed by atoms with Crippen LogP contribution in [0.5, 0.6) is 5.75 Å². The molecule has 0 aliphatic heterocycles. The highest BCUT2D eigenvalue weighted by atomic mass is 35.5. The number of halogens is 1. The van der Waals surface area contributed by atoms with Crippen molar-refractivity contribution in [2.45, 2.75) is 19.5 Å². The van der Waals surface area contributed by atoms with E-state index in [1.54, 1.807) is 55.6 Å². The molecule has 0 saturated carbocycles. The molecule has 0 bridgehead atoms. The van der Waals surface area contributed by atoms with Crippen LogP contribution in [0.4, 0.5) is 5.69 Å². The minimum absolute atomic E-state index is 0.116. The molecule has 9 heteroatoms. The standard InChI is InChI=1S/C20H25ClN2O5S/c1-15(13-27-2)22-20(24)14-28-19-10-8-18(9-11-19)23(29(3,25)26)12-16-4-6-17(21)7-5-16/h4-11,15H,12-14H2,1-3H3,(H,22,24)/t15-/m1/s1. The van der Waals surface area contributed by atoms with Crippen molar-refractivity contribution >= 4 is 33.2 Å². The molecule has 0 aromatic heterocycles. The molecule has 0 aliphatic carbocycles. The molecule has 0 fully saturated rings. The number of sulfonamides is 1. The van der Waals surface area contributed by atoms with Crippen LogP contribution in [0.2, 0.25) is 5.02 Å². The normalized spacial score (nSPS) is 12.3. The zero-order chi connectivity index (χ0) is 21.4. The van der Waals surface area contributed by atoms with Crippen molar-refractivity contribution in [3.05, 3.63) is 59.1 Å². The van der Waals surface area contributed by atoms with Crippen LogP contribution in [0.1, 0.15) is 12.5 Å². The molecule has 2 aromatic carbocycles. The predicted molar refractivity (Wildman–Crippen MR) is 114 cm³/mol. The van der Waals surface area contributed by atoms with Crippen molar-refractivity contribution in [1.29, 1.82) is 0 Å². The molecular weight excluding hydrogens is 416 g/mol. The first-order chi connectivity index (χ1) is 13.7. The topological polar surface area (TPSA) is 84.9 Å². The SMILES string of the molecule is COC[C@@H](C)NC(=O)COc1ccc(N(Cc2ccc(Cl)cc2)S(C)(=O)=O)cc1. The Balaban J connectivity index is 2.03. The largest absolute Gasteiger partial charge is 0.484 e. The average Bonchev–Trinajstić information content (AvgIpc) is 2.65. The first-order valence-electron chi connectivity index (χ1n) is 8.92. The first kappa shape index (κ1) is 23.0. The van der Waals surface area contributed by atoms with Crippen LogP contribution in [-0.2, 0) is 26.1 Å². The van der Waals surface area contributed by atoms with Gasteiger partial charge in [0.15, 0.2) is 6.61 Å². The number of methoxy groups -OCH3 is 1. The van der Waals surface area contributed by atoms with Crippen LogP contribution in [0, 0.1) is 0 Å². The maximum atomic E-state index is 12.3. The molecule has 1 amide bonds. The molecule has 29 heavy (non-hydrogen) atoms. The number of carbonyl (C=O) groups excluding carboxylic acids is 1. The van der Waals surface area contributed by atoms with E-state index in [1.807, 2.05) is 6.92 Å². The van der Waals surface area contributed by atoms with Crippen LogP contribution < -0.4 is 14.4 Å². The zero-order valence-corrected chi connectivity index (χ0v) is 18.2. The molecule has 2 rings (SSSR count). The lowest BCUT2D eigenvalue weighted by atomic mass is 10.2. The second-order valence-electron chi connectivity index (χ2n) is 6.60. The molecule has 1 atom stereocenters. The number of nitrogens with one attached hydrogen (secondary N) is 1. The molecule has 1 N–H and O–H groups in total. The molecule has 0 unspecified atom stereocenters. The molecule has 0 radical (unpaired) electrons. The summed E-state index contributed by atoms with van der Waals surface area (Å²) in [5.41, 5.74) is 1.30. The molecule has 2 aromatic rings. The summed E-state index contributed by atoms with van der Waals surface area (Å²) in [4.78, 5) is 11.8. The van der Waals surface area contributed by atoms with E-state index in [9.17, 15) is 13.2 Å². The quantitative estimate of drug-likeness (QED) is 0.614. The van der Waals surface area contributed by atoms with E-state index in [0.29, 0.717) is 23.1 Å². The third-order valence-corrected chi connectivity index (χ3v) is 5.35. The van der Waals surface area contributed by atoms with Crippen molar-refractivity contribution in [2.75, 3.05) is 30.9 Å². The van der Waals surface area contributed by atoms with Crippen molar-refractivity contribution in [2.24, 2.45) is 0 Å². The Kier molecular flexibility index (Phi) is 8.31. The predicted octanol–water partition coefficient (Wildman–Crippen LogP) is 2.84. The van der Waals surface area contributed by atoms with Gasteiger partial charge in [0.2, 0.25) is 10.0 Å². The van der Waals surface area contributed by atoms with Crippen LogP contribution in [-0.4, -0.2) is 46.9 Å². The van der Waals surface area contributed by atoms with Gasteiger partial charge < -0.3 is 14.8 Å². The molecule has 0 heterocycles. The van der Waals surface area contributed by atoms with Gasteiger partial charge in [0.1, 0.15) is 5.75 Å². The first-order valence-corrected chi connectivity index (χ1v) is 11.1. The number of hydrogen-bond acceptors (Lipinski definition) is 5. The van der Waals surface area contributed by atoms with E-state index in [0.717, 1.165) is 11.8 Å².